The molecule has 86 valence electrons. The highest BCUT2D eigenvalue weighted by molar-refractivity contribution is 5.79. The molecule has 4 nitrogen and oxygen atoms in total. The van der Waals surface area contributed by atoms with Crippen LogP contribution in [0.5, 0.6) is 0 Å². The molecule has 0 aliphatic heterocycles. The van der Waals surface area contributed by atoms with Gasteiger partial charge in [0.15, 0.2) is 0 Å². The number of hydrogen-bond acceptors (Lipinski definition) is 2. The summed E-state index contributed by atoms with van der Waals surface area (Å²) in [7, 11) is 0. The number of carbonyl (C=O) groups is 2. The van der Waals surface area contributed by atoms with Gasteiger partial charge in [0, 0.05) is 13.0 Å². The molecule has 2 N–H and O–H groups in total. The van der Waals surface area contributed by atoms with Crippen LogP contribution in [0, 0.1) is 5.41 Å². The van der Waals surface area contributed by atoms with Gasteiger partial charge in [0.2, 0.25) is 5.91 Å². The van der Waals surface area contributed by atoms with Gasteiger partial charge < -0.3 is 10.4 Å². The predicted octanol–water partition coefficient (Wildman–Crippen LogP) is 1.57. The molecular weight excluding hydrogens is 194 g/mol. The van der Waals surface area contributed by atoms with Crippen LogP contribution in [0.2, 0.25) is 0 Å². The molecular formula is C11H19NO3. The van der Waals surface area contributed by atoms with E-state index in [9.17, 15) is 9.59 Å². The Kier molecular flexibility index (Phi) is 5.67. The summed E-state index contributed by atoms with van der Waals surface area (Å²) < 4.78 is 0. The Morgan fingerprint density at radius 3 is 2.27 bits per heavy atom. The second kappa shape index (κ2) is 6.22. The van der Waals surface area contributed by atoms with E-state index < -0.39 is 11.4 Å². The van der Waals surface area contributed by atoms with Crippen LogP contribution in [0.1, 0.15) is 33.1 Å². The maximum atomic E-state index is 11.2. The third kappa shape index (κ3) is 3.73. The Bertz CT molecular complexity index is 244. The quantitative estimate of drug-likeness (QED) is 0.631. The van der Waals surface area contributed by atoms with Gasteiger partial charge in [-0.05, 0) is 12.8 Å². The summed E-state index contributed by atoms with van der Waals surface area (Å²) >= 11 is 0. The van der Waals surface area contributed by atoms with Gasteiger partial charge in [-0.1, -0.05) is 19.9 Å². The van der Waals surface area contributed by atoms with Gasteiger partial charge >= 0.3 is 5.97 Å². The number of aliphatic carboxylic acids is 1. The minimum atomic E-state index is -0.855. The molecule has 0 aliphatic rings. The molecule has 15 heavy (non-hydrogen) atoms. The number of nitrogens with one attached hydrogen (secondary N) is 1. The summed E-state index contributed by atoms with van der Waals surface area (Å²) in [5.74, 6) is -1.04. The smallest absolute Gasteiger partial charge is 0.311 e. The fourth-order valence-electron chi connectivity index (χ4n) is 1.35. The first-order valence-electron chi connectivity index (χ1n) is 5.13. The molecule has 0 aromatic heterocycles. The molecule has 0 heterocycles. The van der Waals surface area contributed by atoms with Crippen molar-refractivity contribution in [2.75, 3.05) is 6.54 Å². The first kappa shape index (κ1) is 13.7. The van der Waals surface area contributed by atoms with Gasteiger partial charge in [0.05, 0.1) is 5.41 Å². The predicted molar refractivity (Wildman–Crippen MR) is 58.5 cm³/mol. The van der Waals surface area contributed by atoms with Gasteiger partial charge in [-0.3, -0.25) is 9.59 Å². The van der Waals surface area contributed by atoms with Crippen LogP contribution in [-0.4, -0.2) is 23.5 Å². The molecule has 1 amide bonds. The van der Waals surface area contributed by atoms with Crippen molar-refractivity contribution in [3.05, 3.63) is 12.7 Å². The molecule has 0 rings (SSSR count). The molecule has 0 aromatic carbocycles. The Hall–Kier alpha value is -1.32. The molecule has 0 saturated heterocycles. The first-order valence-corrected chi connectivity index (χ1v) is 5.13. The summed E-state index contributed by atoms with van der Waals surface area (Å²) in [6, 6.07) is 0. The Morgan fingerprint density at radius 1 is 1.40 bits per heavy atom. The number of amides is 1. The lowest BCUT2D eigenvalue weighted by atomic mass is 9.82. The van der Waals surface area contributed by atoms with E-state index in [1.54, 1.807) is 0 Å². The van der Waals surface area contributed by atoms with Crippen LogP contribution >= 0.6 is 0 Å². The summed E-state index contributed by atoms with van der Waals surface area (Å²) in [5, 5.41) is 11.7. The first-order chi connectivity index (χ1) is 7.02. The van der Waals surface area contributed by atoms with E-state index in [-0.39, 0.29) is 18.9 Å². The van der Waals surface area contributed by atoms with Gasteiger partial charge in [-0.2, -0.15) is 0 Å². The molecule has 0 saturated carbocycles. The second-order valence-electron chi connectivity index (χ2n) is 3.56. The topological polar surface area (TPSA) is 66.4 Å². The minimum Gasteiger partial charge on any atom is -0.481 e. The van der Waals surface area contributed by atoms with Crippen molar-refractivity contribution < 1.29 is 14.7 Å². The van der Waals surface area contributed by atoms with E-state index in [0.29, 0.717) is 12.8 Å². The number of rotatable bonds is 7. The van der Waals surface area contributed by atoms with Crippen LogP contribution in [0.4, 0.5) is 0 Å². The van der Waals surface area contributed by atoms with Crippen molar-refractivity contribution in [3.8, 4) is 0 Å². The lowest BCUT2D eigenvalue weighted by Gasteiger charge is -2.26. The van der Waals surface area contributed by atoms with Crippen molar-refractivity contribution in [2.24, 2.45) is 5.41 Å². The highest BCUT2D eigenvalue weighted by Crippen LogP contribution is 2.25. The zero-order valence-corrected chi connectivity index (χ0v) is 9.38. The lowest BCUT2D eigenvalue weighted by molar-refractivity contribution is -0.149. The van der Waals surface area contributed by atoms with E-state index >= 15 is 0 Å². The van der Waals surface area contributed by atoms with Crippen LogP contribution in [0.25, 0.3) is 0 Å². The maximum absolute atomic E-state index is 11.2. The average molecular weight is 213 g/mol. The molecule has 0 fully saturated rings. The minimum absolute atomic E-state index is 0.183. The van der Waals surface area contributed by atoms with Gasteiger partial charge in [0.1, 0.15) is 0 Å². The average Bonchev–Trinajstić information content (AvgIpc) is 2.20. The normalized spacial score (nSPS) is 10.8. The molecule has 0 bridgehead atoms. The lowest BCUT2D eigenvalue weighted by Crippen LogP contribution is -2.42. The molecule has 0 radical (unpaired) electrons. The molecule has 4 heteroatoms. The van der Waals surface area contributed by atoms with E-state index in [1.165, 1.54) is 6.08 Å². The van der Waals surface area contributed by atoms with E-state index in [4.69, 9.17) is 5.11 Å². The summed E-state index contributed by atoms with van der Waals surface area (Å²) in [6.45, 7) is 7.26. The van der Waals surface area contributed by atoms with Crippen molar-refractivity contribution in [1.82, 2.24) is 5.32 Å². The summed E-state index contributed by atoms with van der Waals surface area (Å²) in [5.41, 5.74) is -0.836. The Labute approximate surface area is 90.4 Å². The fourth-order valence-corrected chi connectivity index (χ4v) is 1.35. The van der Waals surface area contributed by atoms with E-state index in [2.05, 4.69) is 11.9 Å². The van der Waals surface area contributed by atoms with Crippen molar-refractivity contribution in [1.29, 1.82) is 0 Å². The van der Waals surface area contributed by atoms with Crippen molar-refractivity contribution >= 4 is 11.9 Å². The Balaban J connectivity index is 4.36. The fraction of sp³-hybridized carbons (Fsp3) is 0.636. The third-order valence-corrected chi connectivity index (χ3v) is 2.76. The number of carbonyl (C=O) groups excluding carboxylic acids is 1. The molecule has 0 aromatic rings. The molecule has 0 unspecified atom stereocenters. The highest BCUT2D eigenvalue weighted by atomic mass is 16.4. The molecule has 0 aliphatic carbocycles. The van der Waals surface area contributed by atoms with E-state index in [1.807, 2.05) is 13.8 Å². The third-order valence-electron chi connectivity index (χ3n) is 2.76. The zero-order chi connectivity index (χ0) is 11.9. The van der Waals surface area contributed by atoms with Crippen LogP contribution < -0.4 is 5.32 Å². The van der Waals surface area contributed by atoms with Gasteiger partial charge in [-0.15, -0.1) is 6.58 Å². The standard InChI is InChI=1S/C11H19NO3/c1-4-7-9(13)12-8-11(5-2,6-3)10(14)15/h4H,1,5-8H2,2-3H3,(H,12,13)(H,14,15). The summed E-state index contributed by atoms with van der Waals surface area (Å²) in [4.78, 5) is 22.3. The van der Waals surface area contributed by atoms with Crippen molar-refractivity contribution in [2.45, 2.75) is 33.1 Å². The SMILES string of the molecule is C=CCC(=O)NCC(CC)(CC)C(=O)O. The zero-order valence-electron chi connectivity index (χ0n) is 9.38. The highest BCUT2D eigenvalue weighted by Gasteiger charge is 2.34. The van der Waals surface area contributed by atoms with Crippen LogP contribution in [0.15, 0.2) is 12.7 Å². The Morgan fingerprint density at radius 2 is 1.93 bits per heavy atom. The maximum Gasteiger partial charge on any atom is 0.311 e. The van der Waals surface area contributed by atoms with Gasteiger partial charge in [-0.25, -0.2) is 0 Å². The van der Waals surface area contributed by atoms with E-state index in [0.717, 1.165) is 0 Å². The van der Waals surface area contributed by atoms with Crippen LogP contribution in [0.3, 0.4) is 0 Å². The number of carboxylic acid groups (broad SMARTS) is 1. The largest absolute Gasteiger partial charge is 0.481 e. The van der Waals surface area contributed by atoms with Crippen LogP contribution in [-0.2, 0) is 9.59 Å². The molecule has 0 atom stereocenters. The number of carboxylic acids is 1. The van der Waals surface area contributed by atoms with Gasteiger partial charge in [0.25, 0.3) is 0 Å². The molecule has 0 spiro atoms. The summed E-state index contributed by atoms with van der Waals surface area (Å²) in [6.07, 6.45) is 2.74. The monoisotopic (exact) mass is 213 g/mol. The second-order valence-corrected chi connectivity index (χ2v) is 3.56. The number of hydrogen-bond donors (Lipinski definition) is 2. The van der Waals surface area contributed by atoms with Crippen molar-refractivity contribution in [3.63, 3.8) is 0 Å².